The first kappa shape index (κ1) is 16.6. The fourth-order valence-electron chi connectivity index (χ4n) is 1.41. The smallest absolute Gasteiger partial charge is 0.252 e. The van der Waals surface area contributed by atoms with Crippen molar-refractivity contribution < 1.29 is 19.1 Å². The van der Waals surface area contributed by atoms with Crippen molar-refractivity contribution in [3.63, 3.8) is 0 Å². The lowest BCUT2D eigenvalue weighted by Gasteiger charge is -2.09. The molecule has 1 atom stereocenters. The van der Waals surface area contributed by atoms with Crippen molar-refractivity contribution in [2.45, 2.75) is 19.4 Å². The Balaban J connectivity index is 2.40. The summed E-state index contributed by atoms with van der Waals surface area (Å²) in [6, 6.07) is 3.80. The number of aliphatic hydroxyl groups is 1. The van der Waals surface area contributed by atoms with Crippen LogP contribution >= 0.6 is 15.9 Å². The highest BCUT2D eigenvalue weighted by atomic mass is 79.9. The Morgan fingerprint density at radius 2 is 2.10 bits per heavy atom. The zero-order valence-corrected chi connectivity index (χ0v) is 12.5. The monoisotopic (exact) mass is 346 g/mol. The summed E-state index contributed by atoms with van der Waals surface area (Å²) in [6.07, 6.45) is -0.525. The molecular formula is C13H16BrFN2O3. The Labute approximate surface area is 124 Å². The van der Waals surface area contributed by atoms with Gasteiger partial charge in [-0.05, 0) is 41.1 Å². The van der Waals surface area contributed by atoms with Gasteiger partial charge < -0.3 is 15.7 Å². The molecule has 1 rings (SSSR count). The lowest BCUT2D eigenvalue weighted by molar-refractivity contribution is -0.121. The number of halogens is 2. The van der Waals surface area contributed by atoms with E-state index in [0.717, 1.165) is 6.07 Å². The van der Waals surface area contributed by atoms with Crippen molar-refractivity contribution in [3.05, 3.63) is 34.1 Å². The van der Waals surface area contributed by atoms with E-state index in [1.165, 1.54) is 12.1 Å². The molecule has 0 bridgehead atoms. The first-order chi connectivity index (χ1) is 9.40. The van der Waals surface area contributed by atoms with Crippen molar-refractivity contribution in [3.8, 4) is 0 Å². The molecule has 0 saturated heterocycles. The van der Waals surface area contributed by atoms with E-state index < -0.39 is 17.8 Å². The predicted molar refractivity (Wildman–Crippen MR) is 75.7 cm³/mol. The maximum Gasteiger partial charge on any atom is 0.252 e. The van der Waals surface area contributed by atoms with E-state index >= 15 is 0 Å². The third-order valence-corrected chi connectivity index (χ3v) is 3.10. The van der Waals surface area contributed by atoms with Crippen LogP contribution in [0.5, 0.6) is 0 Å². The zero-order chi connectivity index (χ0) is 15.1. The van der Waals surface area contributed by atoms with Gasteiger partial charge in [0.25, 0.3) is 5.91 Å². The second-order valence-electron chi connectivity index (χ2n) is 4.28. The van der Waals surface area contributed by atoms with Gasteiger partial charge in [-0.3, -0.25) is 9.59 Å². The second kappa shape index (κ2) is 7.96. The van der Waals surface area contributed by atoms with Crippen LogP contribution in [-0.2, 0) is 4.79 Å². The van der Waals surface area contributed by atoms with Gasteiger partial charge in [0.15, 0.2) is 0 Å². The highest BCUT2D eigenvalue weighted by Gasteiger charge is 2.11. The zero-order valence-electron chi connectivity index (χ0n) is 11.0. The summed E-state index contributed by atoms with van der Waals surface area (Å²) >= 11 is 3.16. The number of hydrogen-bond donors (Lipinski definition) is 3. The van der Waals surface area contributed by atoms with Gasteiger partial charge >= 0.3 is 0 Å². The van der Waals surface area contributed by atoms with E-state index in [0.29, 0.717) is 4.47 Å². The van der Waals surface area contributed by atoms with Crippen molar-refractivity contribution in [1.29, 1.82) is 0 Å². The lowest BCUT2D eigenvalue weighted by Crippen LogP contribution is -2.34. The minimum Gasteiger partial charge on any atom is -0.392 e. The molecule has 3 N–H and O–H groups in total. The average Bonchev–Trinajstić information content (AvgIpc) is 2.39. The van der Waals surface area contributed by atoms with Crippen LogP contribution in [0.15, 0.2) is 22.7 Å². The maximum atomic E-state index is 13.0. The topological polar surface area (TPSA) is 78.4 Å². The molecule has 7 heteroatoms. The number of carbonyl (C=O) groups excluding carboxylic acids is 2. The van der Waals surface area contributed by atoms with Gasteiger partial charge in [0, 0.05) is 24.0 Å². The highest BCUT2D eigenvalue weighted by Crippen LogP contribution is 2.17. The Bertz CT molecular complexity index is 495. The summed E-state index contributed by atoms with van der Waals surface area (Å²) in [4.78, 5) is 23.1. The summed E-state index contributed by atoms with van der Waals surface area (Å²) in [5, 5.41) is 14.0. The molecule has 0 spiro atoms. The molecule has 0 radical (unpaired) electrons. The first-order valence-electron chi connectivity index (χ1n) is 6.08. The predicted octanol–water partition coefficient (Wildman–Crippen LogP) is 1.21. The van der Waals surface area contributed by atoms with Gasteiger partial charge in [0.2, 0.25) is 5.91 Å². The molecule has 0 aromatic heterocycles. The van der Waals surface area contributed by atoms with Crippen LogP contribution in [0.2, 0.25) is 0 Å². The minimum atomic E-state index is -0.614. The maximum absolute atomic E-state index is 13.0. The van der Waals surface area contributed by atoms with Gasteiger partial charge in [0.1, 0.15) is 5.82 Å². The van der Waals surface area contributed by atoms with Crippen LogP contribution < -0.4 is 10.6 Å². The third-order valence-electron chi connectivity index (χ3n) is 2.41. The number of nitrogens with one attached hydrogen (secondary N) is 2. The summed E-state index contributed by atoms with van der Waals surface area (Å²) in [5.74, 6) is -1.24. The summed E-state index contributed by atoms with van der Waals surface area (Å²) in [7, 11) is 0. The largest absolute Gasteiger partial charge is 0.392 e. The molecule has 1 aromatic rings. The van der Waals surface area contributed by atoms with Crippen LogP contribution in [-0.4, -0.2) is 36.1 Å². The quantitative estimate of drug-likeness (QED) is 0.724. The Morgan fingerprint density at radius 1 is 1.40 bits per heavy atom. The number of rotatable bonds is 6. The van der Waals surface area contributed by atoms with Gasteiger partial charge in [0.05, 0.1) is 11.7 Å². The normalized spacial score (nSPS) is 11.8. The molecule has 0 fully saturated rings. The third kappa shape index (κ3) is 5.66. The van der Waals surface area contributed by atoms with E-state index in [2.05, 4.69) is 26.6 Å². The molecule has 1 aromatic carbocycles. The van der Waals surface area contributed by atoms with E-state index in [4.69, 9.17) is 5.11 Å². The summed E-state index contributed by atoms with van der Waals surface area (Å²) in [6.45, 7) is 1.86. The molecule has 1 unspecified atom stereocenters. The van der Waals surface area contributed by atoms with Crippen LogP contribution in [0.25, 0.3) is 0 Å². The molecule has 5 nitrogen and oxygen atoms in total. The molecule has 0 saturated carbocycles. The van der Waals surface area contributed by atoms with E-state index in [1.807, 2.05) is 0 Å². The molecule has 0 aliphatic rings. The van der Waals surface area contributed by atoms with Crippen LogP contribution in [0.4, 0.5) is 4.39 Å². The Hall–Kier alpha value is -1.47. The Kier molecular flexibility index (Phi) is 6.60. The van der Waals surface area contributed by atoms with E-state index in [-0.39, 0.29) is 31.0 Å². The molecule has 0 aliphatic heterocycles. The number of aliphatic hydroxyl groups excluding tert-OH is 1. The highest BCUT2D eigenvalue weighted by molar-refractivity contribution is 9.10. The van der Waals surface area contributed by atoms with Crippen LogP contribution in [0.1, 0.15) is 23.7 Å². The average molecular weight is 347 g/mol. The minimum absolute atomic E-state index is 0.0887. The standard InChI is InChI=1S/C13H16BrFN2O3/c1-8(18)7-17-12(19)4-5-16-13(20)10-6-9(15)2-3-11(10)14/h2-3,6,8,18H,4-5,7H2,1H3,(H,16,20)(H,17,19). The molecular weight excluding hydrogens is 331 g/mol. The molecule has 2 amide bonds. The summed E-state index contributed by atoms with van der Waals surface area (Å²) < 4.78 is 13.5. The fraction of sp³-hybridized carbons (Fsp3) is 0.385. The molecule has 0 heterocycles. The lowest BCUT2D eigenvalue weighted by atomic mass is 10.2. The van der Waals surface area contributed by atoms with E-state index in [1.54, 1.807) is 6.92 Å². The van der Waals surface area contributed by atoms with Gasteiger partial charge in [-0.2, -0.15) is 0 Å². The van der Waals surface area contributed by atoms with Gasteiger partial charge in [-0.25, -0.2) is 4.39 Å². The second-order valence-corrected chi connectivity index (χ2v) is 5.14. The van der Waals surface area contributed by atoms with Gasteiger partial charge in [-0.15, -0.1) is 0 Å². The van der Waals surface area contributed by atoms with Crippen molar-refractivity contribution in [2.24, 2.45) is 0 Å². The van der Waals surface area contributed by atoms with E-state index in [9.17, 15) is 14.0 Å². The van der Waals surface area contributed by atoms with Crippen molar-refractivity contribution in [2.75, 3.05) is 13.1 Å². The molecule has 0 aliphatic carbocycles. The molecule has 20 heavy (non-hydrogen) atoms. The number of amides is 2. The van der Waals surface area contributed by atoms with Gasteiger partial charge in [-0.1, -0.05) is 0 Å². The van der Waals surface area contributed by atoms with Crippen molar-refractivity contribution in [1.82, 2.24) is 10.6 Å². The molecule has 110 valence electrons. The SMILES string of the molecule is CC(O)CNC(=O)CCNC(=O)c1cc(F)ccc1Br. The van der Waals surface area contributed by atoms with Crippen molar-refractivity contribution >= 4 is 27.7 Å². The number of benzene rings is 1. The van der Waals surface area contributed by atoms with Crippen LogP contribution in [0.3, 0.4) is 0 Å². The number of hydrogen-bond acceptors (Lipinski definition) is 3. The first-order valence-corrected chi connectivity index (χ1v) is 6.87. The Morgan fingerprint density at radius 3 is 2.75 bits per heavy atom. The van der Waals surface area contributed by atoms with Crippen LogP contribution in [0, 0.1) is 5.82 Å². The summed E-state index contributed by atoms with van der Waals surface area (Å²) in [5.41, 5.74) is 0.175. The fourth-order valence-corrected chi connectivity index (χ4v) is 1.83. The number of carbonyl (C=O) groups is 2.